The molecule has 0 aromatic carbocycles. The maximum Gasteiger partial charge on any atom is 0.253 e. The minimum absolute atomic E-state index is 0.0755. The number of hydrogen-bond donors (Lipinski definition) is 1. The lowest BCUT2D eigenvalue weighted by Crippen LogP contribution is -2.19. The van der Waals surface area contributed by atoms with E-state index in [0.29, 0.717) is 13.0 Å². The Bertz CT molecular complexity index is 269. The summed E-state index contributed by atoms with van der Waals surface area (Å²) in [5.74, 6) is 0. The van der Waals surface area contributed by atoms with E-state index < -0.39 is 0 Å². The maximum atomic E-state index is 11.0. The molecule has 0 bridgehead atoms. The summed E-state index contributed by atoms with van der Waals surface area (Å²) in [5, 5.41) is 8.48. The molecular weight excluding hydrogens is 144 g/mol. The summed E-state index contributed by atoms with van der Waals surface area (Å²) in [6, 6.07) is 1.40. The second-order valence-corrected chi connectivity index (χ2v) is 2.19. The smallest absolute Gasteiger partial charge is 0.253 e. The van der Waals surface area contributed by atoms with Crippen molar-refractivity contribution in [3.05, 3.63) is 28.9 Å². The van der Waals surface area contributed by atoms with Gasteiger partial charge in [0.25, 0.3) is 5.56 Å². The average Bonchev–Trinajstić information content (AvgIpc) is 2.03. The Kier molecular flexibility index (Phi) is 2.80. The van der Waals surface area contributed by atoms with Gasteiger partial charge in [-0.1, -0.05) is 0 Å². The minimum Gasteiger partial charge on any atom is -0.396 e. The highest BCUT2D eigenvalue weighted by atomic mass is 16.3. The van der Waals surface area contributed by atoms with Crippen molar-refractivity contribution in [1.29, 1.82) is 0 Å². The van der Waals surface area contributed by atoms with Crippen LogP contribution in [0.3, 0.4) is 0 Å². The van der Waals surface area contributed by atoms with Gasteiger partial charge < -0.3 is 5.11 Å². The fourth-order valence-corrected chi connectivity index (χ4v) is 0.787. The summed E-state index contributed by atoms with van der Waals surface area (Å²) in [7, 11) is 0. The van der Waals surface area contributed by atoms with E-state index in [-0.39, 0.29) is 12.2 Å². The number of aryl methyl sites for hydroxylation is 1. The number of nitrogens with zero attached hydrogens (tertiary/aromatic N) is 2. The lowest BCUT2D eigenvalue weighted by Gasteiger charge is -2.00. The largest absolute Gasteiger partial charge is 0.396 e. The Labute approximate surface area is 64.1 Å². The highest BCUT2D eigenvalue weighted by molar-refractivity contribution is 4.81. The first kappa shape index (κ1) is 7.94. The van der Waals surface area contributed by atoms with Crippen LogP contribution in [-0.2, 0) is 6.54 Å². The molecule has 0 fully saturated rings. The highest BCUT2D eigenvalue weighted by Gasteiger charge is 1.91. The monoisotopic (exact) mass is 154 g/mol. The van der Waals surface area contributed by atoms with Crippen LogP contribution in [0.5, 0.6) is 0 Å². The summed E-state index contributed by atoms with van der Waals surface area (Å²) < 4.78 is 1.47. The predicted molar refractivity (Wildman–Crippen MR) is 40.2 cm³/mol. The molecule has 1 N–H and O–H groups in total. The van der Waals surface area contributed by atoms with E-state index in [1.165, 1.54) is 23.2 Å². The Morgan fingerprint density at radius 2 is 2.45 bits per heavy atom. The van der Waals surface area contributed by atoms with E-state index in [1.54, 1.807) is 0 Å². The van der Waals surface area contributed by atoms with Gasteiger partial charge in [0, 0.05) is 25.4 Å². The molecule has 60 valence electrons. The molecule has 0 aliphatic heterocycles. The number of hydrogen-bond acceptors (Lipinski definition) is 3. The number of aromatic nitrogens is 2. The zero-order chi connectivity index (χ0) is 8.10. The van der Waals surface area contributed by atoms with Gasteiger partial charge in [0.1, 0.15) is 0 Å². The SMILES string of the molecule is O=c1ccncn1CCCO. The molecule has 0 amide bonds. The Balaban J connectivity index is 2.70. The lowest BCUT2D eigenvalue weighted by molar-refractivity contribution is 0.278. The quantitative estimate of drug-likeness (QED) is 0.646. The van der Waals surface area contributed by atoms with Gasteiger partial charge in [-0.25, -0.2) is 4.98 Å². The molecule has 0 spiro atoms. The van der Waals surface area contributed by atoms with Crippen LogP contribution in [0.2, 0.25) is 0 Å². The number of aliphatic hydroxyl groups is 1. The number of aliphatic hydroxyl groups excluding tert-OH is 1. The summed E-state index contributed by atoms with van der Waals surface area (Å²) in [4.78, 5) is 14.7. The fourth-order valence-electron chi connectivity index (χ4n) is 0.787. The first-order valence-electron chi connectivity index (χ1n) is 3.46. The van der Waals surface area contributed by atoms with Gasteiger partial charge in [0.05, 0.1) is 6.33 Å². The van der Waals surface area contributed by atoms with Crippen molar-refractivity contribution < 1.29 is 5.11 Å². The molecule has 11 heavy (non-hydrogen) atoms. The zero-order valence-electron chi connectivity index (χ0n) is 6.10. The molecule has 0 saturated carbocycles. The third-order valence-electron chi connectivity index (χ3n) is 1.35. The Morgan fingerprint density at radius 3 is 3.09 bits per heavy atom. The predicted octanol–water partition coefficient (Wildman–Crippen LogP) is -0.374. The van der Waals surface area contributed by atoms with E-state index in [1.807, 2.05) is 0 Å². The van der Waals surface area contributed by atoms with Crippen molar-refractivity contribution in [2.24, 2.45) is 0 Å². The van der Waals surface area contributed by atoms with Crippen LogP contribution in [0.4, 0.5) is 0 Å². The van der Waals surface area contributed by atoms with Gasteiger partial charge in [-0.3, -0.25) is 9.36 Å². The second-order valence-electron chi connectivity index (χ2n) is 2.19. The van der Waals surface area contributed by atoms with Crippen molar-refractivity contribution in [1.82, 2.24) is 9.55 Å². The summed E-state index contributed by atoms with van der Waals surface area (Å²) in [5.41, 5.74) is -0.0755. The molecule has 0 radical (unpaired) electrons. The van der Waals surface area contributed by atoms with Crippen LogP contribution in [0.1, 0.15) is 6.42 Å². The van der Waals surface area contributed by atoms with Crippen molar-refractivity contribution in [2.75, 3.05) is 6.61 Å². The van der Waals surface area contributed by atoms with Crippen LogP contribution in [0, 0.1) is 0 Å². The third-order valence-corrected chi connectivity index (χ3v) is 1.35. The van der Waals surface area contributed by atoms with E-state index >= 15 is 0 Å². The first-order chi connectivity index (χ1) is 5.34. The Hall–Kier alpha value is -1.16. The Morgan fingerprint density at radius 1 is 1.64 bits per heavy atom. The molecule has 1 rings (SSSR count). The molecule has 1 aromatic heterocycles. The van der Waals surface area contributed by atoms with Gasteiger partial charge in [-0.05, 0) is 6.42 Å². The third kappa shape index (κ3) is 2.16. The maximum absolute atomic E-state index is 11.0. The molecule has 1 aromatic rings. The number of rotatable bonds is 3. The van der Waals surface area contributed by atoms with Crippen LogP contribution in [-0.4, -0.2) is 21.3 Å². The van der Waals surface area contributed by atoms with Crippen molar-refractivity contribution >= 4 is 0 Å². The van der Waals surface area contributed by atoms with Gasteiger partial charge in [0.15, 0.2) is 0 Å². The van der Waals surface area contributed by atoms with Gasteiger partial charge >= 0.3 is 0 Å². The lowest BCUT2D eigenvalue weighted by atomic mass is 10.4. The first-order valence-corrected chi connectivity index (χ1v) is 3.46. The van der Waals surface area contributed by atoms with Crippen LogP contribution < -0.4 is 5.56 Å². The van der Waals surface area contributed by atoms with Crippen LogP contribution >= 0.6 is 0 Å². The molecule has 0 saturated heterocycles. The minimum atomic E-state index is -0.0755. The topological polar surface area (TPSA) is 55.1 Å². The van der Waals surface area contributed by atoms with Gasteiger partial charge in [-0.15, -0.1) is 0 Å². The van der Waals surface area contributed by atoms with Crippen molar-refractivity contribution in [3.63, 3.8) is 0 Å². The van der Waals surface area contributed by atoms with Gasteiger partial charge in [-0.2, -0.15) is 0 Å². The van der Waals surface area contributed by atoms with E-state index in [0.717, 1.165) is 0 Å². The van der Waals surface area contributed by atoms with E-state index in [9.17, 15) is 4.79 Å². The average molecular weight is 154 g/mol. The van der Waals surface area contributed by atoms with E-state index in [2.05, 4.69) is 4.98 Å². The molecule has 0 aliphatic carbocycles. The van der Waals surface area contributed by atoms with Crippen LogP contribution in [0.25, 0.3) is 0 Å². The standard InChI is InChI=1S/C7H10N2O2/c10-5-1-4-9-6-8-3-2-7(9)11/h2-3,6,10H,1,4-5H2. The molecule has 4 heteroatoms. The van der Waals surface area contributed by atoms with E-state index in [4.69, 9.17) is 5.11 Å². The molecule has 4 nitrogen and oxygen atoms in total. The van der Waals surface area contributed by atoms with Gasteiger partial charge in [0.2, 0.25) is 0 Å². The fraction of sp³-hybridized carbons (Fsp3) is 0.429. The van der Waals surface area contributed by atoms with Crippen LogP contribution in [0.15, 0.2) is 23.4 Å². The summed E-state index contributed by atoms with van der Waals surface area (Å²) >= 11 is 0. The zero-order valence-corrected chi connectivity index (χ0v) is 6.10. The molecule has 1 heterocycles. The molecule has 0 aliphatic rings. The summed E-state index contributed by atoms with van der Waals surface area (Å²) in [6.07, 6.45) is 3.52. The molecule has 0 unspecified atom stereocenters. The highest BCUT2D eigenvalue weighted by Crippen LogP contribution is 1.82. The van der Waals surface area contributed by atoms with Crippen molar-refractivity contribution in [3.8, 4) is 0 Å². The van der Waals surface area contributed by atoms with Crippen molar-refractivity contribution in [2.45, 2.75) is 13.0 Å². The second kappa shape index (κ2) is 3.88. The molecule has 0 atom stereocenters. The molecular formula is C7H10N2O2. The normalized spacial score (nSPS) is 9.91. The summed E-state index contributed by atoms with van der Waals surface area (Å²) in [6.45, 7) is 0.629.